The smallest absolute Gasteiger partial charge is 0.336 e. The molecule has 0 aliphatic heterocycles. The van der Waals surface area contributed by atoms with Crippen LogP contribution in [0.15, 0.2) is 39.5 Å². The third-order valence-corrected chi connectivity index (χ3v) is 8.42. The van der Waals surface area contributed by atoms with Crippen LogP contribution >= 0.6 is 0 Å². The van der Waals surface area contributed by atoms with E-state index in [1.807, 2.05) is 6.07 Å². The minimum Gasteiger partial charge on any atom is -0.493 e. The van der Waals surface area contributed by atoms with Gasteiger partial charge in [-0.3, -0.25) is 4.79 Å². The zero-order valence-corrected chi connectivity index (χ0v) is 20.0. The van der Waals surface area contributed by atoms with Crippen molar-refractivity contribution in [2.45, 2.75) is 71.7 Å². The van der Waals surface area contributed by atoms with Crippen LogP contribution in [0.5, 0.6) is 5.75 Å². The summed E-state index contributed by atoms with van der Waals surface area (Å²) >= 11 is 0. The Bertz CT molecular complexity index is 1100. The maximum absolute atomic E-state index is 11.7. The number of esters is 1. The standard InChI is InChI=1S/C26H34O7/c1-15(27)32-22-10-11-25(4)19(24(22,2)3)13-21(28)26(5,30)20(25)14-31-17-8-6-16-7-9-23(29)33-18(16)12-17/h6-9,12,19-22,28,30H,10-11,13-14H2,1-5H3. The van der Waals surface area contributed by atoms with Crippen LogP contribution in [0, 0.1) is 22.7 Å². The summed E-state index contributed by atoms with van der Waals surface area (Å²) in [4.78, 5) is 23.3. The van der Waals surface area contributed by atoms with Crippen LogP contribution < -0.4 is 10.4 Å². The molecular formula is C26H34O7. The van der Waals surface area contributed by atoms with E-state index in [9.17, 15) is 19.8 Å². The third kappa shape index (κ3) is 4.06. The van der Waals surface area contributed by atoms with Gasteiger partial charge in [-0.15, -0.1) is 0 Å². The number of hydrogen-bond acceptors (Lipinski definition) is 7. The Labute approximate surface area is 193 Å². The van der Waals surface area contributed by atoms with Crippen molar-refractivity contribution in [3.8, 4) is 5.75 Å². The fraction of sp³-hybridized carbons (Fsp3) is 0.615. The van der Waals surface area contributed by atoms with Crippen molar-refractivity contribution in [3.63, 3.8) is 0 Å². The van der Waals surface area contributed by atoms with Crippen LogP contribution in [0.2, 0.25) is 0 Å². The Hall–Kier alpha value is -2.38. The predicted octanol–water partition coefficient (Wildman–Crippen LogP) is 3.68. The Balaban J connectivity index is 1.63. The molecule has 2 aliphatic rings. The molecule has 7 nitrogen and oxygen atoms in total. The molecule has 0 radical (unpaired) electrons. The highest BCUT2D eigenvalue weighted by atomic mass is 16.5. The molecular weight excluding hydrogens is 424 g/mol. The van der Waals surface area contributed by atoms with Crippen LogP contribution in [0.25, 0.3) is 11.0 Å². The molecule has 0 bridgehead atoms. The zero-order valence-electron chi connectivity index (χ0n) is 20.0. The van der Waals surface area contributed by atoms with Gasteiger partial charge in [-0.05, 0) is 55.7 Å². The van der Waals surface area contributed by atoms with E-state index in [2.05, 4.69) is 20.8 Å². The highest BCUT2D eigenvalue weighted by Crippen LogP contribution is 2.62. The van der Waals surface area contributed by atoms with E-state index in [-0.39, 0.29) is 41.3 Å². The number of aliphatic hydroxyl groups excluding tert-OH is 1. The summed E-state index contributed by atoms with van der Waals surface area (Å²) in [5, 5.41) is 23.2. The molecule has 2 N–H and O–H groups in total. The number of carbonyl (C=O) groups excluding carboxylic acids is 1. The Morgan fingerprint density at radius 1 is 1.18 bits per heavy atom. The maximum atomic E-state index is 11.7. The summed E-state index contributed by atoms with van der Waals surface area (Å²) in [5.74, 6) is -0.125. The van der Waals surface area contributed by atoms with E-state index in [0.717, 1.165) is 11.8 Å². The maximum Gasteiger partial charge on any atom is 0.336 e. The molecule has 4 rings (SSSR count). The molecule has 180 valence electrons. The molecule has 33 heavy (non-hydrogen) atoms. The molecule has 6 atom stereocenters. The van der Waals surface area contributed by atoms with E-state index >= 15 is 0 Å². The van der Waals surface area contributed by atoms with Gasteiger partial charge in [0.25, 0.3) is 0 Å². The molecule has 0 spiro atoms. The lowest BCUT2D eigenvalue weighted by molar-refractivity contribution is -0.244. The Morgan fingerprint density at radius 2 is 1.88 bits per heavy atom. The molecule has 2 saturated carbocycles. The number of carbonyl (C=O) groups is 1. The van der Waals surface area contributed by atoms with Crippen LogP contribution in [0.1, 0.15) is 53.9 Å². The van der Waals surface area contributed by atoms with Crippen molar-refractivity contribution in [2.24, 2.45) is 22.7 Å². The molecule has 2 aliphatic carbocycles. The molecule has 1 aromatic heterocycles. The minimum atomic E-state index is -1.35. The van der Waals surface area contributed by atoms with Crippen LogP contribution in [0.3, 0.4) is 0 Å². The van der Waals surface area contributed by atoms with Gasteiger partial charge in [-0.2, -0.15) is 0 Å². The summed E-state index contributed by atoms with van der Waals surface area (Å²) in [6.07, 6.45) is 0.667. The molecule has 2 aromatic rings. The van der Waals surface area contributed by atoms with Crippen molar-refractivity contribution in [2.75, 3.05) is 6.61 Å². The first kappa shape index (κ1) is 23.8. The van der Waals surface area contributed by atoms with Gasteiger partial charge in [0, 0.05) is 35.8 Å². The van der Waals surface area contributed by atoms with Crippen molar-refractivity contribution in [1.82, 2.24) is 0 Å². The number of benzene rings is 1. The van der Waals surface area contributed by atoms with Crippen LogP contribution in [-0.4, -0.2) is 40.6 Å². The second-order valence-corrected chi connectivity index (χ2v) is 10.8. The first-order chi connectivity index (χ1) is 15.4. The number of ether oxygens (including phenoxy) is 2. The van der Waals surface area contributed by atoms with E-state index in [1.54, 1.807) is 25.1 Å². The third-order valence-electron chi connectivity index (χ3n) is 8.42. The van der Waals surface area contributed by atoms with Gasteiger partial charge in [0.2, 0.25) is 0 Å². The van der Waals surface area contributed by atoms with Gasteiger partial charge in [0.1, 0.15) is 17.4 Å². The molecule has 2 fully saturated rings. The normalized spacial score (nSPS) is 35.6. The SMILES string of the molecule is CC(=O)OC1CCC2(C)C(CC(O)C(C)(O)C2COc2ccc3ccc(=O)oc3c2)C1(C)C. The number of hydrogen-bond donors (Lipinski definition) is 2. The molecule has 1 aromatic carbocycles. The van der Waals surface area contributed by atoms with Crippen LogP contribution in [-0.2, 0) is 9.53 Å². The fourth-order valence-corrected chi connectivity index (χ4v) is 6.49. The zero-order chi connectivity index (χ0) is 24.2. The second kappa shape index (κ2) is 8.13. The number of aliphatic hydroxyl groups is 2. The topological polar surface area (TPSA) is 106 Å². The summed E-state index contributed by atoms with van der Waals surface area (Å²) in [7, 11) is 0. The molecule has 7 heteroatoms. The quantitative estimate of drug-likeness (QED) is 0.532. The first-order valence-electron chi connectivity index (χ1n) is 11.6. The van der Waals surface area contributed by atoms with E-state index in [4.69, 9.17) is 13.9 Å². The molecule has 6 unspecified atom stereocenters. The summed E-state index contributed by atoms with van der Waals surface area (Å²) in [5.41, 5.74) is -2.06. The average molecular weight is 459 g/mol. The Morgan fingerprint density at radius 3 is 2.58 bits per heavy atom. The van der Waals surface area contributed by atoms with Gasteiger partial charge in [0.05, 0.1) is 18.3 Å². The van der Waals surface area contributed by atoms with Crippen molar-refractivity contribution < 1.29 is 28.9 Å². The molecule has 0 saturated heterocycles. The Kier molecular flexibility index (Phi) is 5.86. The monoisotopic (exact) mass is 458 g/mol. The summed E-state index contributed by atoms with van der Waals surface area (Å²) in [6.45, 7) is 9.60. The number of fused-ring (bicyclic) bond motifs is 2. The predicted molar refractivity (Wildman–Crippen MR) is 123 cm³/mol. The number of rotatable bonds is 4. The van der Waals surface area contributed by atoms with Crippen molar-refractivity contribution in [3.05, 3.63) is 40.8 Å². The minimum absolute atomic E-state index is 0.0153. The average Bonchev–Trinajstić information content (AvgIpc) is 2.72. The summed E-state index contributed by atoms with van der Waals surface area (Å²) in [6, 6.07) is 8.37. The highest BCUT2D eigenvalue weighted by Gasteiger charge is 2.64. The largest absolute Gasteiger partial charge is 0.493 e. The second-order valence-electron chi connectivity index (χ2n) is 10.8. The molecule has 0 amide bonds. The first-order valence-corrected chi connectivity index (χ1v) is 11.6. The van der Waals surface area contributed by atoms with E-state index < -0.39 is 17.3 Å². The van der Waals surface area contributed by atoms with Crippen LogP contribution in [0.4, 0.5) is 0 Å². The van der Waals surface area contributed by atoms with Gasteiger partial charge in [-0.1, -0.05) is 20.8 Å². The summed E-state index contributed by atoms with van der Waals surface area (Å²) < 4.78 is 17.0. The lowest BCUT2D eigenvalue weighted by atomic mass is 9.44. The van der Waals surface area contributed by atoms with E-state index in [0.29, 0.717) is 24.2 Å². The van der Waals surface area contributed by atoms with Gasteiger partial charge >= 0.3 is 11.6 Å². The molecule has 1 heterocycles. The van der Waals surface area contributed by atoms with Crippen molar-refractivity contribution in [1.29, 1.82) is 0 Å². The fourth-order valence-electron chi connectivity index (χ4n) is 6.49. The lowest BCUT2D eigenvalue weighted by Gasteiger charge is -2.63. The van der Waals surface area contributed by atoms with Gasteiger partial charge in [-0.25, -0.2) is 4.79 Å². The van der Waals surface area contributed by atoms with Gasteiger partial charge < -0.3 is 24.1 Å². The van der Waals surface area contributed by atoms with E-state index in [1.165, 1.54) is 13.0 Å². The lowest BCUT2D eigenvalue weighted by Crippen LogP contribution is -2.66. The highest BCUT2D eigenvalue weighted by molar-refractivity contribution is 5.77. The van der Waals surface area contributed by atoms with Crippen molar-refractivity contribution >= 4 is 16.9 Å². The van der Waals surface area contributed by atoms with Gasteiger partial charge in [0.15, 0.2) is 0 Å².